The van der Waals surface area contributed by atoms with Gasteiger partial charge in [-0.2, -0.15) is 0 Å². The molecule has 0 aromatic heterocycles. The van der Waals surface area contributed by atoms with Gasteiger partial charge in [0.25, 0.3) is 0 Å². The van der Waals surface area contributed by atoms with Gasteiger partial charge in [-0.1, -0.05) is 30.3 Å². The molecule has 1 N–H and O–H groups in total. The summed E-state index contributed by atoms with van der Waals surface area (Å²) in [6.07, 6.45) is 3.95. The first-order valence-electron chi connectivity index (χ1n) is 8.40. The van der Waals surface area contributed by atoms with Crippen LogP contribution in [0.2, 0.25) is 0 Å². The molecule has 0 saturated carbocycles. The summed E-state index contributed by atoms with van der Waals surface area (Å²) in [7, 11) is 2.26. The van der Waals surface area contributed by atoms with Crippen LogP contribution in [0.4, 0.5) is 0 Å². The molecule has 2 aliphatic heterocycles. The van der Waals surface area contributed by atoms with Crippen LogP contribution in [0.3, 0.4) is 0 Å². The van der Waals surface area contributed by atoms with Crippen molar-refractivity contribution in [3.63, 3.8) is 0 Å². The average Bonchev–Trinajstić information content (AvgIpc) is 2.71. The lowest BCUT2D eigenvalue weighted by Gasteiger charge is -2.41. The molecule has 2 fully saturated rings. The van der Waals surface area contributed by atoms with Crippen molar-refractivity contribution in [2.24, 2.45) is 0 Å². The van der Waals surface area contributed by atoms with Gasteiger partial charge in [-0.15, -0.1) is 0 Å². The van der Waals surface area contributed by atoms with Crippen molar-refractivity contribution in [1.29, 1.82) is 0 Å². The van der Waals surface area contributed by atoms with Gasteiger partial charge in [0, 0.05) is 19.1 Å². The molecule has 2 unspecified atom stereocenters. The van der Waals surface area contributed by atoms with Crippen LogP contribution in [0.5, 0.6) is 0 Å². The maximum Gasteiger partial charge on any atom is 0.0535 e. The van der Waals surface area contributed by atoms with Gasteiger partial charge in [0.1, 0.15) is 0 Å². The van der Waals surface area contributed by atoms with Crippen molar-refractivity contribution in [1.82, 2.24) is 15.1 Å². The number of benzene rings is 1. The van der Waals surface area contributed by atoms with Gasteiger partial charge in [-0.05, 0) is 58.4 Å². The third-order valence-electron chi connectivity index (χ3n) is 5.18. The number of rotatable bonds is 2. The predicted molar refractivity (Wildman–Crippen MR) is 88.5 cm³/mol. The van der Waals surface area contributed by atoms with E-state index in [1.165, 1.54) is 44.5 Å². The van der Waals surface area contributed by atoms with E-state index in [0.29, 0.717) is 0 Å². The zero-order chi connectivity index (χ0) is 14.7. The lowest BCUT2D eigenvalue weighted by atomic mass is 9.90. The molecular formula is C18H29N3. The third kappa shape index (κ3) is 3.47. The first kappa shape index (κ1) is 15.0. The van der Waals surface area contributed by atoms with Crippen molar-refractivity contribution in [3.8, 4) is 0 Å². The second-order valence-corrected chi connectivity index (χ2v) is 7.01. The van der Waals surface area contributed by atoms with Crippen molar-refractivity contribution < 1.29 is 0 Å². The molecule has 2 heterocycles. The quantitative estimate of drug-likeness (QED) is 0.900. The van der Waals surface area contributed by atoms with Crippen molar-refractivity contribution in [3.05, 3.63) is 35.9 Å². The van der Waals surface area contributed by atoms with Crippen LogP contribution >= 0.6 is 0 Å². The summed E-state index contributed by atoms with van der Waals surface area (Å²) >= 11 is 0. The maximum atomic E-state index is 3.80. The Balaban J connectivity index is 1.77. The van der Waals surface area contributed by atoms with E-state index in [1.54, 1.807) is 0 Å². The Kier molecular flexibility index (Phi) is 4.63. The molecule has 116 valence electrons. The number of piperidine rings is 1. The number of likely N-dealkylation sites (N-methyl/N-ethyl adjacent to an activating group) is 1. The van der Waals surface area contributed by atoms with Gasteiger partial charge in [-0.25, -0.2) is 0 Å². The van der Waals surface area contributed by atoms with Gasteiger partial charge >= 0.3 is 0 Å². The summed E-state index contributed by atoms with van der Waals surface area (Å²) in [4.78, 5) is 5.23. The van der Waals surface area contributed by atoms with Gasteiger partial charge < -0.3 is 10.2 Å². The lowest BCUT2D eigenvalue weighted by Crippen LogP contribution is -2.52. The van der Waals surface area contributed by atoms with Crippen molar-refractivity contribution >= 4 is 0 Å². The third-order valence-corrected chi connectivity index (χ3v) is 5.18. The molecule has 0 bridgehead atoms. The van der Waals surface area contributed by atoms with E-state index in [4.69, 9.17) is 0 Å². The highest BCUT2D eigenvalue weighted by molar-refractivity contribution is 5.24. The van der Waals surface area contributed by atoms with Crippen molar-refractivity contribution in [2.45, 2.75) is 37.8 Å². The van der Waals surface area contributed by atoms with E-state index >= 15 is 0 Å². The number of nitrogens with one attached hydrogen (secondary N) is 1. The van der Waals surface area contributed by atoms with E-state index < -0.39 is 0 Å². The fourth-order valence-electron chi connectivity index (χ4n) is 3.94. The van der Waals surface area contributed by atoms with Gasteiger partial charge in [0.05, 0.1) is 5.54 Å². The molecule has 3 heteroatoms. The van der Waals surface area contributed by atoms with Crippen LogP contribution in [0.1, 0.15) is 31.7 Å². The summed E-state index contributed by atoms with van der Waals surface area (Å²) in [6, 6.07) is 11.7. The minimum atomic E-state index is 0.0772. The normalized spacial score (nSPS) is 32.8. The SMILES string of the molecule is CN1CCCC(N2CCCNC(C)(c3ccccc3)C2)C1. The summed E-state index contributed by atoms with van der Waals surface area (Å²) in [5.74, 6) is 0. The first-order chi connectivity index (χ1) is 10.2. The largest absolute Gasteiger partial charge is 0.307 e. The fourth-order valence-corrected chi connectivity index (χ4v) is 3.94. The van der Waals surface area contributed by atoms with Gasteiger partial charge in [0.2, 0.25) is 0 Å². The Morgan fingerprint density at radius 2 is 1.95 bits per heavy atom. The van der Waals surface area contributed by atoms with Crippen molar-refractivity contribution in [2.75, 3.05) is 39.8 Å². The molecule has 0 aliphatic carbocycles. The highest BCUT2D eigenvalue weighted by Gasteiger charge is 2.34. The highest BCUT2D eigenvalue weighted by Crippen LogP contribution is 2.27. The summed E-state index contributed by atoms with van der Waals surface area (Å²) in [6.45, 7) is 8.32. The van der Waals surface area contributed by atoms with Crippen LogP contribution in [-0.2, 0) is 5.54 Å². The molecule has 21 heavy (non-hydrogen) atoms. The predicted octanol–water partition coefficient (Wildman–Crippen LogP) is 2.29. The lowest BCUT2D eigenvalue weighted by molar-refractivity contribution is 0.0958. The standard InChI is InChI=1S/C18H29N3/c1-18(16-8-4-3-5-9-16)15-21(13-7-11-19-18)17-10-6-12-20(2)14-17/h3-5,8-9,17,19H,6-7,10-15H2,1-2H3. The number of likely N-dealkylation sites (tertiary alicyclic amines) is 1. The van der Waals surface area contributed by atoms with E-state index in [9.17, 15) is 0 Å². The zero-order valence-corrected chi connectivity index (χ0v) is 13.5. The molecule has 0 radical (unpaired) electrons. The molecule has 0 spiro atoms. The van der Waals surface area contributed by atoms with Crippen LogP contribution in [0, 0.1) is 0 Å². The summed E-state index contributed by atoms with van der Waals surface area (Å²) in [5, 5.41) is 3.80. The monoisotopic (exact) mass is 287 g/mol. The molecule has 2 saturated heterocycles. The first-order valence-corrected chi connectivity index (χ1v) is 8.40. The Hall–Kier alpha value is -0.900. The van der Waals surface area contributed by atoms with Crippen LogP contribution in [-0.4, -0.2) is 55.6 Å². The van der Waals surface area contributed by atoms with E-state index in [-0.39, 0.29) is 5.54 Å². The Morgan fingerprint density at radius 3 is 2.71 bits per heavy atom. The molecule has 3 rings (SSSR count). The second-order valence-electron chi connectivity index (χ2n) is 7.01. The van der Waals surface area contributed by atoms with E-state index in [0.717, 1.165) is 19.1 Å². The fraction of sp³-hybridized carbons (Fsp3) is 0.667. The van der Waals surface area contributed by atoms with Crippen LogP contribution in [0.25, 0.3) is 0 Å². The number of nitrogens with zero attached hydrogens (tertiary/aromatic N) is 2. The summed E-state index contributed by atoms with van der Waals surface area (Å²) in [5.41, 5.74) is 1.49. The minimum Gasteiger partial charge on any atom is -0.307 e. The zero-order valence-electron chi connectivity index (χ0n) is 13.5. The average molecular weight is 287 g/mol. The highest BCUT2D eigenvalue weighted by atomic mass is 15.3. The molecule has 0 amide bonds. The van der Waals surface area contributed by atoms with Gasteiger partial charge in [-0.3, -0.25) is 4.90 Å². The molecule has 2 aliphatic rings. The molecule has 1 aromatic rings. The number of hydrogen-bond acceptors (Lipinski definition) is 3. The van der Waals surface area contributed by atoms with E-state index in [2.05, 4.69) is 59.4 Å². The smallest absolute Gasteiger partial charge is 0.0535 e. The molecular weight excluding hydrogens is 258 g/mol. The topological polar surface area (TPSA) is 18.5 Å². The molecule has 3 nitrogen and oxygen atoms in total. The van der Waals surface area contributed by atoms with Gasteiger partial charge in [0.15, 0.2) is 0 Å². The van der Waals surface area contributed by atoms with Crippen LogP contribution in [0.15, 0.2) is 30.3 Å². The summed E-state index contributed by atoms with van der Waals surface area (Å²) < 4.78 is 0. The second kappa shape index (κ2) is 6.47. The number of hydrogen-bond donors (Lipinski definition) is 1. The maximum absolute atomic E-state index is 3.80. The Labute approximate surface area is 129 Å². The Morgan fingerprint density at radius 1 is 1.14 bits per heavy atom. The van der Waals surface area contributed by atoms with E-state index in [1.807, 2.05) is 0 Å². The van der Waals surface area contributed by atoms with Crippen LogP contribution < -0.4 is 5.32 Å². The Bertz CT molecular complexity index is 447. The minimum absolute atomic E-state index is 0.0772. The molecule has 1 aromatic carbocycles. The molecule has 2 atom stereocenters.